The van der Waals surface area contributed by atoms with Gasteiger partial charge in [0.15, 0.2) is 0 Å². The number of phenols is 2. The molecule has 20 heavy (non-hydrogen) atoms. The zero-order chi connectivity index (χ0) is 14.5. The maximum Gasteiger partial charge on any atom is 0.141 e. The van der Waals surface area contributed by atoms with Crippen LogP contribution in [-0.4, -0.2) is 16.4 Å². The molecular weight excluding hydrogens is 252 g/mol. The number of hydrogen-bond donors (Lipinski definition) is 2. The van der Waals surface area contributed by atoms with Crippen LogP contribution in [0.1, 0.15) is 23.6 Å². The minimum Gasteiger partial charge on any atom is -0.507 e. The van der Waals surface area contributed by atoms with Crippen LogP contribution in [0, 0.1) is 11.3 Å². The van der Waals surface area contributed by atoms with Crippen LogP contribution in [0.25, 0.3) is 0 Å². The van der Waals surface area contributed by atoms with Crippen molar-refractivity contribution in [2.45, 2.75) is 13.3 Å². The Bertz CT molecular complexity index is 700. The molecule has 0 radical (unpaired) electrons. The van der Waals surface area contributed by atoms with Gasteiger partial charge in [-0.3, -0.25) is 4.99 Å². The van der Waals surface area contributed by atoms with E-state index in [1.807, 2.05) is 19.1 Å². The second-order valence-electron chi connectivity index (χ2n) is 4.32. The third-order valence-corrected chi connectivity index (χ3v) is 2.95. The van der Waals surface area contributed by atoms with Crippen molar-refractivity contribution in [3.63, 3.8) is 0 Å². The number of aliphatic imine (C=N–C) groups is 1. The molecule has 0 atom stereocenters. The van der Waals surface area contributed by atoms with Crippen molar-refractivity contribution >= 4 is 11.9 Å². The molecule has 0 saturated carbocycles. The van der Waals surface area contributed by atoms with Crippen LogP contribution in [0.15, 0.2) is 41.4 Å². The van der Waals surface area contributed by atoms with Crippen LogP contribution in [0.2, 0.25) is 0 Å². The SMILES string of the molecule is CCc1ccc(O)c(N=Cc2cc(C#N)ccc2O)c1. The first kappa shape index (κ1) is 13.6. The molecule has 0 aliphatic carbocycles. The van der Waals surface area contributed by atoms with Crippen molar-refractivity contribution < 1.29 is 10.2 Å². The summed E-state index contributed by atoms with van der Waals surface area (Å²) >= 11 is 0. The molecule has 0 aliphatic heterocycles. The number of phenolic OH excluding ortho intramolecular Hbond substituents is 2. The first-order chi connectivity index (χ1) is 9.63. The fourth-order valence-electron chi connectivity index (χ4n) is 1.76. The van der Waals surface area contributed by atoms with Gasteiger partial charge in [-0.05, 0) is 42.3 Å². The standard InChI is InChI=1S/C16H14N2O2/c1-2-11-3-6-16(20)14(8-11)18-10-13-7-12(9-17)4-5-15(13)19/h3-8,10,19-20H,2H2,1H3. The van der Waals surface area contributed by atoms with E-state index in [1.54, 1.807) is 18.2 Å². The maximum absolute atomic E-state index is 9.75. The number of rotatable bonds is 3. The van der Waals surface area contributed by atoms with E-state index in [0.29, 0.717) is 16.8 Å². The zero-order valence-corrected chi connectivity index (χ0v) is 11.0. The highest BCUT2D eigenvalue weighted by atomic mass is 16.3. The lowest BCUT2D eigenvalue weighted by Gasteiger charge is -2.03. The summed E-state index contributed by atoms with van der Waals surface area (Å²) in [4.78, 5) is 4.18. The van der Waals surface area contributed by atoms with Gasteiger partial charge in [0, 0.05) is 11.8 Å². The molecule has 2 aromatic rings. The average Bonchev–Trinajstić information content (AvgIpc) is 2.48. The largest absolute Gasteiger partial charge is 0.507 e. The van der Waals surface area contributed by atoms with E-state index < -0.39 is 0 Å². The molecule has 2 N–H and O–H groups in total. The minimum atomic E-state index is 0.0406. The third-order valence-electron chi connectivity index (χ3n) is 2.95. The predicted molar refractivity (Wildman–Crippen MR) is 77.6 cm³/mol. The van der Waals surface area contributed by atoms with Crippen LogP contribution in [0.3, 0.4) is 0 Å². The van der Waals surface area contributed by atoms with Gasteiger partial charge >= 0.3 is 0 Å². The highest BCUT2D eigenvalue weighted by molar-refractivity contribution is 5.86. The van der Waals surface area contributed by atoms with Crippen LogP contribution in [0.5, 0.6) is 11.5 Å². The molecule has 100 valence electrons. The Morgan fingerprint density at radius 1 is 1.15 bits per heavy atom. The molecule has 4 heteroatoms. The molecule has 0 amide bonds. The van der Waals surface area contributed by atoms with Gasteiger partial charge in [0.1, 0.15) is 17.2 Å². The van der Waals surface area contributed by atoms with Crippen molar-refractivity contribution in [1.82, 2.24) is 0 Å². The van der Waals surface area contributed by atoms with Crippen LogP contribution in [0.4, 0.5) is 5.69 Å². The summed E-state index contributed by atoms with van der Waals surface area (Å²) in [6.45, 7) is 2.02. The summed E-state index contributed by atoms with van der Waals surface area (Å²) in [6.07, 6.45) is 2.28. The van der Waals surface area contributed by atoms with Gasteiger partial charge in [0.25, 0.3) is 0 Å². The van der Waals surface area contributed by atoms with Gasteiger partial charge in [-0.25, -0.2) is 0 Å². The second kappa shape index (κ2) is 5.89. The quantitative estimate of drug-likeness (QED) is 0.837. The lowest BCUT2D eigenvalue weighted by atomic mass is 10.1. The Balaban J connectivity index is 2.36. The van der Waals surface area contributed by atoms with Crippen LogP contribution >= 0.6 is 0 Å². The first-order valence-corrected chi connectivity index (χ1v) is 6.23. The number of hydrogen-bond acceptors (Lipinski definition) is 4. The third kappa shape index (κ3) is 2.96. The summed E-state index contributed by atoms with van der Waals surface area (Å²) in [5.74, 6) is 0.119. The molecule has 0 spiro atoms. The number of aromatic hydroxyl groups is 2. The summed E-state index contributed by atoms with van der Waals surface area (Å²) < 4.78 is 0. The van der Waals surface area contributed by atoms with E-state index in [2.05, 4.69) is 4.99 Å². The van der Waals surface area contributed by atoms with Crippen molar-refractivity contribution in [2.75, 3.05) is 0 Å². The van der Waals surface area contributed by atoms with Crippen LogP contribution in [-0.2, 0) is 6.42 Å². The van der Waals surface area contributed by atoms with E-state index in [0.717, 1.165) is 12.0 Å². The molecule has 0 saturated heterocycles. The highest BCUT2D eigenvalue weighted by Gasteiger charge is 2.03. The smallest absolute Gasteiger partial charge is 0.141 e. The molecule has 4 nitrogen and oxygen atoms in total. The fourth-order valence-corrected chi connectivity index (χ4v) is 1.76. The summed E-state index contributed by atoms with van der Waals surface area (Å²) in [6, 6.07) is 11.7. The van der Waals surface area contributed by atoms with Crippen molar-refractivity contribution in [3.8, 4) is 17.6 Å². The molecule has 2 aromatic carbocycles. The highest BCUT2D eigenvalue weighted by Crippen LogP contribution is 2.28. The summed E-state index contributed by atoms with van der Waals surface area (Å²) in [5.41, 5.74) is 2.37. The van der Waals surface area contributed by atoms with E-state index in [-0.39, 0.29) is 11.5 Å². The minimum absolute atomic E-state index is 0.0406. The topological polar surface area (TPSA) is 76.6 Å². The monoisotopic (exact) mass is 266 g/mol. The average molecular weight is 266 g/mol. The molecule has 0 aromatic heterocycles. The maximum atomic E-state index is 9.75. The molecule has 0 aliphatic rings. The van der Waals surface area contributed by atoms with Gasteiger partial charge < -0.3 is 10.2 Å². The van der Waals surface area contributed by atoms with Crippen LogP contribution < -0.4 is 0 Å². The molecule has 0 fully saturated rings. The second-order valence-corrected chi connectivity index (χ2v) is 4.32. The molecule has 0 heterocycles. The summed E-state index contributed by atoms with van der Waals surface area (Å²) in [5, 5.41) is 28.3. The Labute approximate surface area is 117 Å². The lowest BCUT2D eigenvalue weighted by molar-refractivity contribution is 0.474. The Kier molecular flexibility index (Phi) is 4.02. The van der Waals surface area contributed by atoms with Gasteiger partial charge in [-0.2, -0.15) is 5.26 Å². The number of nitriles is 1. The Hall–Kier alpha value is -2.80. The fraction of sp³-hybridized carbons (Fsp3) is 0.125. The van der Waals surface area contributed by atoms with Gasteiger partial charge in [0.05, 0.1) is 11.6 Å². The van der Waals surface area contributed by atoms with Gasteiger partial charge in [-0.1, -0.05) is 13.0 Å². The molecule has 2 rings (SSSR count). The van der Waals surface area contributed by atoms with Gasteiger partial charge in [-0.15, -0.1) is 0 Å². The predicted octanol–water partition coefficient (Wildman–Crippen LogP) is 3.28. The Morgan fingerprint density at radius 2 is 1.90 bits per heavy atom. The van der Waals surface area contributed by atoms with Gasteiger partial charge in [0.2, 0.25) is 0 Å². The van der Waals surface area contributed by atoms with Crippen molar-refractivity contribution in [1.29, 1.82) is 5.26 Å². The van der Waals surface area contributed by atoms with Crippen molar-refractivity contribution in [3.05, 3.63) is 53.1 Å². The summed E-state index contributed by atoms with van der Waals surface area (Å²) in [7, 11) is 0. The lowest BCUT2D eigenvalue weighted by Crippen LogP contribution is -1.85. The molecule has 0 unspecified atom stereocenters. The van der Waals surface area contributed by atoms with E-state index >= 15 is 0 Å². The number of aryl methyl sites for hydroxylation is 1. The molecule has 0 bridgehead atoms. The van der Waals surface area contributed by atoms with E-state index in [1.165, 1.54) is 18.3 Å². The van der Waals surface area contributed by atoms with Crippen molar-refractivity contribution in [2.24, 2.45) is 4.99 Å². The Morgan fingerprint density at radius 3 is 2.60 bits per heavy atom. The normalized spacial score (nSPS) is 10.6. The first-order valence-electron chi connectivity index (χ1n) is 6.23. The van der Waals surface area contributed by atoms with E-state index in [4.69, 9.17) is 5.26 Å². The molecular formula is C16H14N2O2. The number of nitrogens with zero attached hydrogens (tertiary/aromatic N) is 2. The zero-order valence-electron chi connectivity index (χ0n) is 11.0. The number of benzene rings is 2. The van der Waals surface area contributed by atoms with E-state index in [9.17, 15) is 10.2 Å².